The lowest BCUT2D eigenvalue weighted by Crippen LogP contribution is -2.57. The number of alkyl halides is 3. The van der Waals surface area contributed by atoms with Crippen molar-refractivity contribution in [3.05, 3.63) is 41.1 Å². The van der Waals surface area contributed by atoms with Crippen molar-refractivity contribution in [1.29, 1.82) is 0 Å². The van der Waals surface area contributed by atoms with Gasteiger partial charge in [0.1, 0.15) is 0 Å². The quantitative estimate of drug-likeness (QED) is 0.419. The van der Waals surface area contributed by atoms with Gasteiger partial charge in [0.25, 0.3) is 5.91 Å². The van der Waals surface area contributed by atoms with Crippen molar-refractivity contribution in [2.75, 3.05) is 11.9 Å². The molecule has 1 unspecified atom stereocenters. The fourth-order valence-electron chi connectivity index (χ4n) is 8.23. The van der Waals surface area contributed by atoms with Crippen molar-refractivity contribution in [1.82, 2.24) is 10.6 Å². The SMILES string of the molecule is CC(C)(C)NC(=O)c1ccc(C(F)(F)F)cc1NC(=O)C1CC[C@H]2[C@@H]3CNC4=CC(=O)CC[C@]4(C)[C@@H]3CC[C@]12C. The molecular weight excluding hydrogens is 519 g/mol. The van der Waals surface area contributed by atoms with Gasteiger partial charge in [0.2, 0.25) is 5.91 Å². The molecular formula is C31H40F3N3O3. The van der Waals surface area contributed by atoms with E-state index < -0.39 is 23.2 Å². The second kappa shape index (κ2) is 9.62. The second-order valence-corrected chi connectivity index (χ2v) is 13.8. The molecule has 3 N–H and O–H groups in total. The predicted octanol–water partition coefficient (Wildman–Crippen LogP) is 6.09. The molecule has 1 aromatic rings. The van der Waals surface area contributed by atoms with Crippen molar-refractivity contribution in [3.63, 3.8) is 0 Å². The van der Waals surface area contributed by atoms with E-state index in [1.165, 1.54) is 0 Å². The standard InChI is InChI=1S/C31H40F3N3O3/c1-28(2,3)37-26(39)19-7-6-17(31(32,33)34)14-24(19)36-27(40)23-9-8-21-20-16-35-25-15-18(38)10-12-30(25,5)22(20)11-13-29(21,23)4/h6-7,14-15,20-23,35H,8-13,16H2,1-5H3,(H,36,40)(H,37,39)/t20-,21-,22+,23?,29-,30+/m0/s1. The summed E-state index contributed by atoms with van der Waals surface area (Å²) in [5.74, 6) is -0.00489. The minimum Gasteiger partial charge on any atom is -0.387 e. The Morgan fingerprint density at radius 2 is 1.75 bits per heavy atom. The molecule has 1 aliphatic heterocycles. The first-order chi connectivity index (χ1) is 18.5. The average molecular weight is 560 g/mol. The molecule has 6 nitrogen and oxygen atoms in total. The van der Waals surface area contributed by atoms with E-state index in [-0.39, 0.29) is 45.6 Å². The number of hydrogen-bond acceptors (Lipinski definition) is 4. The smallest absolute Gasteiger partial charge is 0.387 e. The number of allylic oxidation sites excluding steroid dienone is 2. The fraction of sp³-hybridized carbons (Fsp3) is 0.645. The van der Waals surface area contributed by atoms with Gasteiger partial charge in [0.05, 0.1) is 16.8 Å². The zero-order chi connectivity index (χ0) is 29.3. The molecule has 0 bridgehead atoms. The summed E-state index contributed by atoms with van der Waals surface area (Å²) in [7, 11) is 0. The summed E-state index contributed by atoms with van der Waals surface area (Å²) in [6.45, 7) is 10.5. The molecule has 0 spiro atoms. The fourth-order valence-corrected chi connectivity index (χ4v) is 8.23. The van der Waals surface area contributed by atoms with Gasteiger partial charge in [-0.1, -0.05) is 13.8 Å². The van der Waals surface area contributed by atoms with Crippen LogP contribution in [0.1, 0.15) is 89.1 Å². The number of carbonyl (C=O) groups is 3. The van der Waals surface area contributed by atoms with Crippen LogP contribution in [-0.4, -0.2) is 29.7 Å². The lowest BCUT2D eigenvalue weighted by atomic mass is 9.50. The van der Waals surface area contributed by atoms with Crippen LogP contribution in [0.25, 0.3) is 0 Å². The summed E-state index contributed by atoms with van der Waals surface area (Å²) in [4.78, 5) is 38.9. The van der Waals surface area contributed by atoms with E-state index in [2.05, 4.69) is 29.8 Å². The minimum absolute atomic E-state index is 0.00949. The van der Waals surface area contributed by atoms with E-state index in [0.29, 0.717) is 24.7 Å². The molecule has 2 saturated carbocycles. The molecule has 9 heteroatoms. The van der Waals surface area contributed by atoms with Crippen molar-refractivity contribution in [2.24, 2.45) is 34.5 Å². The monoisotopic (exact) mass is 559 g/mol. The Morgan fingerprint density at radius 1 is 1.02 bits per heavy atom. The Labute approximate surface area is 233 Å². The van der Waals surface area contributed by atoms with Crippen LogP contribution in [-0.2, 0) is 15.8 Å². The molecule has 40 heavy (non-hydrogen) atoms. The highest BCUT2D eigenvalue weighted by Crippen LogP contribution is 2.64. The van der Waals surface area contributed by atoms with Gasteiger partial charge in [-0.2, -0.15) is 13.2 Å². The topological polar surface area (TPSA) is 87.3 Å². The van der Waals surface area contributed by atoms with Crippen LogP contribution < -0.4 is 16.0 Å². The van der Waals surface area contributed by atoms with Gasteiger partial charge < -0.3 is 16.0 Å². The number of carbonyl (C=O) groups excluding carboxylic acids is 3. The Morgan fingerprint density at radius 3 is 2.42 bits per heavy atom. The third kappa shape index (κ3) is 4.94. The number of halogens is 3. The Kier molecular flexibility index (Phi) is 6.90. The van der Waals surface area contributed by atoms with E-state index in [0.717, 1.165) is 56.1 Å². The van der Waals surface area contributed by atoms with Gasteiger partial charge in [-0.3, -0.25) is 14.4 Å². The number of rotatable bonds is 3. The zero-order valence-corrected chi connectivity index (χ0v) is 23.9. The Balaban J connectivity index is 1.40. The summed E-state index contributed by atoms with van der Waals surface area (Å²) in [5.41, 5.74) is -0.951. The number of piperidine rings is 1. The van der Waals surface area contributed by atoms with Crippen LogP contribution in [0.3, 0.4) is 0 Å². The number of anilines is 1. The number of hydrogen-bond donors (Lipinski definition) is 3. The lowest BCUT2D eigenvalue weighted by Gasteiger charge is -2.58. The zero-order valence-electron chi connectivity index (χ0n) is 23.9. The van der Waals surface area contributed by atoms with Crippen LogP contribution in [0.15, 0.2) is 30.0 Å². The van der Waals surface area contributed by atoms with Gasteiger partial charge >= 0.3 is 6.18 Å². The number of amides is 2. The van der Waals surface area contributed by atoms with Crippen molar-refractivity contribution in [2.45, 2.75) is 84.9 Å². The number of benzene rings is 1. The first kappa shape index (κ1) is 28.7. The molecule has 0 aromatic heterocycles. The first-order valence-electron chi connectivity index (χ1n) is 14.4. The lowest BCUT2D eigenvalue weighted by molar-refractivity contribution is -0.137. The molecule has 3 fully saturated rings. The largest absolute Gasteiger partial charge is 0.416 e. The highest BCUT2D eigenvalue weighted by atomic mass is 19.4. The van der Waals surface area contributed by atoms with Crippen molar-refractivity contribution in [3.8, 4) is 0 Å². The van der Waals surface area contributed by atoms with Gasteiger partial charge in [-0.25, -0.2) is 0 Å². The first-order valence-corrected chi connectivity index (χ1v) is 14.4. The van der Waals surface area contributed by atoms with E-state index >= 15 is 0 Å². The van der Waals surface area contributed by atoms with Crippen LogP contribution in [0, 0.1) is 34.5 Å². The molecule has 0 radical (unpaired) electrons. The van der Waals surface area contributed by atoms with Gasteiger partial charge in [0.15, 0.2) is 5.78 Å². The summed E-state index contributed by atoms with van der Waals surface area (Å²) in [5, 5.41) is 9.10. The molecule has 4 aliphatic rings. The Bertz CT molecular complexity index is 1270. The molecule has 1 heterocycles. The molecule has 6 atom stereocenters. The molecule has 3 aliphatic carbocycles. The minimum atomic E-state index is -4.61. The van der Waals surface area contributed by atoms with E-state index in [9.17, 15) is 27.6 Å². The van der Waals surface area contributed by atoms with E-state index in [1.54, 1.807) is 26.8 Å². The maximum atomic E-state index is 13.8. The summed E-state index contributed by atoms with van der Waals surface area (Å²) >= 11 is 0. The van der Waals surface area contributed by atoms with Gasteiger partial charge in [0, 0.05) is 41.6 Å². The highest BCUT2D eigenvalue weighted by molar-refractivity contribution is 6.04. The van der Waals surface area contributed by atoms with E-state index in [4.69, 9.17) is 0 Å². The molecule has 5 rings (SSSR count). The summed E-state index contributed by atoms with van der Waals surface area (Å²) in [6, 6.07) is 2.88. The Hall–Kier alpha value is -2.84. The third-order valence-corrected chi connectivity index (χ3v) is 10.2. The van der Waals surface area contributed by atoms with E-state index in [1.807, 2.05) is 0 Å². The second-order valence-electron chi connectivity index (χ2n) is 13.8. The van der Waals surface area contributed by atoms with Crippen LogP contribution in [0.4, 0.5) is 18.9 Å². The third-order valence-electron chi connectivity index (χ3n) is 10.2. The number of fused-ring (bicyclic) bond motifs is 5. The predicted molar refractivity (Wildman–Crippen MR) is 146 cm³/mol. The summed E-state index contributed by atoms with van der Waals surface area (Å²) in [6.07, 6.45) is 1.85. The number of nitrogens with one attached hydrogen (secondary N) is 3. The van der Waals surface area contributed by atoms with Crippen LogP contribution in [0.5, 0.6) is 0 Å². The number of ketones is 1. The maximum absolute atomic E-state index is 13.8. The van der Waals surface area contributed by atoms with Crippen molar-refractivity contribution < 1.29 is 27.6 Å². The molecule has 218 valence electrons. The van der Waals surface area contributed by atoms with Gasteiger partial charge in [-0.05, 0) is 94.2 Å². The van der Waals surface area contributed by atoms with Crippen molar-refractivity contribution >= 4 is 23.3 Å². The summed E-state index contributed by atoms with van der Waals surface area (Å²) < 4.78 is 40.7. The molecule has 1 aromatic carbocycles. The highest BCUT2D eigenvalue weighted by Gasteiger charge is 2.60. The molecule has 2 amide bonds. The maximum Gasteiger partial charge on any atom is 0.416 e. The van der Waals surface area contributed by atoms with Crippen LogP contribution >= 0.6 is 0 Å². The average Bonchev–Trinajstić information content (AvgIpc) is 3.20. The van der Waals surface area contributed by atoms with Gasteiger partial charge in [-0.15, -0.1) is 0 Å². The van der Waals surface area contributed by atoms with Crippen LogP contribution in [0.2, 0.25) is 0 Å². The normalized spacial score (nSPS) is 33.6. The molecule has 1 saturated heterocycles.